The lowest BCUT2D eigenvalue weighted by Crippen LogP contribution is -2.51. The molecule has 3 aromatic rings. The molecule has 2 unspecified atom stereocenters. The Labute approximate surface area is 218 Å². The third-order valence-corrected chi connectivity index (χ3v) is 6.96. The van der Waals surface area contributed by atoms with Crippen LogP contribution in [0, 0.1) is 5.82 Å². The smallest absolute Gasteiger partial charge is 0.254 e. The molecule has 2 atom stereocenters. The van der Waals surface area contributed by atoms with Gasteiger partial charge in [-0.1, -0.05) is 41.4 Å². The molecule has 0 aliphatic carbocycles. The van der Waals surface area contributed by atoms with E-state index in [9.17, 15) is 14.0 Å². The molecule has 1 N–H and O–H groups in total. The lowest BCUT2D eigenvalue weighted by molar-refractivity contribution is 0.0671. The van der Waals surface area contributed by atoms with Gasteiger partial charge in [-0.3, -0.25) is 9.59 Å². The molecule has 0 bridgehead atoms. The number of rotatable bonds is 6. The van der Waals surface area contributed by atoms with Crippen molar-refractivity contribution in [2.75, 3.05) is 27.3 Å². The normalized spacial score (nSPS) is 17.4. The summed E-state index contributed by atoms with van der Waals surface area (Å²) in [6, 6.07) is 15.9. The average molecular weight is 531 g/mol. The lowest BCUT2D eigenvalue weighted by atomic mass is 9.85. The molecular weight excluding hydrogens is 506 g/mol. The number of hydrogen-bond donors (Lipinski definition) is 1. The van der Waals surface area contributed by atoms with Crippen LogP contribution in [0.1, 0.15) is 38.6 Å². The molecule has 188 valence electrons. The van der Waals surface area contributed by atoms with E-state index in [0.29, 0.717) is 47.2 Å². The topological polar surface area (TPSA) is 67.9 Å². The number of ether oxygens (including phenoxy) is 2. The van der Waals surface area contributed by atoms with Gasteiger partial charge in [0.2, 0.25) is 0 Å². The number of methoxy groups -OCH3 is 2. The summed E-state index contributed by atoms with van der Waals surface area (Å²) in [5.74, 6) is -0.395. The summed E-state index contributed by atoms with van der Waals surface area (Å²) in [4.78, 5) is 28.1. The fraction of sp³-hybridized carbons (Fsp3) is 0.259. The predicted octanol–water partition coefficient (Wildman–Crippen LogP) is 5.58. The molecule has 0 radical (unpaired) electrons. The first-order valence-corrected chi connectivity index (χ1v) is 12.1. The van der Waals surface area contributed by atoms with Crippen molar-refractivity contribution < 1.29 is 23.5 Å². The number of likely N-dealkylation sites (tertiary alicyclic amines) is 1. The van der Waals surface area contributed by atoms with Crippen LogP contribution in [-0.2, 0) is 0 Å². The van der Waals surface area contributed by atoms with Crippen LogP contribution in [0.5, 0.6) is 11.5 Å². The van der Waals surface area contributed by atoms with Crippen LogP contribution in [0.2, 0.25) is 10.0 Å². The van der Waals surface area contributed by atoms with Gasteiger partial charge in [-0.25, -0.2) is 4.39 Å². The summed E-state index contributed by atoms with van der Waals surface area (Å²) in [7, 11) is 3.03. The number of amides is 2. The minimum Gasteiger partial charge on any atom is -0.493 e. The molecule has 4 rings (SSSR count). The van der Waals surface area contributed by atoms with Gasteiger partial charge in [-0.05, 0) is 54.4 Å². The van der Waals surface area contributed by atoms with Gasteiger partial charge in [0.1, 0.15) is 5.82 Å². The van der Waals surface area contributed by atoms with Crippen LogP contribution < -0.4 is 14.8 Å². The maximum absolute atomic E-state index is 13.9. The fourth-order valence-corrected chi connectivity index (χ4v) is 4.84. The number of piperidine rings is 1. The maximum atomic E-state index is 13.9. The standard InChI is InChI=1S/C27H25Cl2FN2O4/c1-35-24-10-8-17(14-25(24)36-2)27(34)32-12-11-23(31-26(33)18-5-3-4-6-20(18)28)19(15-32)16-7-9-22(30)21(29)13-16/h3-10,13-14,19,23H,11-12,15H2,1-2H3,(H,31,33). The molecular formula is C27H25Cl2FN2O4. The number of nitrogens with zero attached hydrogens (tertiary/aromatic N) is 1. The average Bonchev–Trinajstić information content (AvgIpc) is 2.89. The van der Waals surface area contributed by atoms with Crippen LogP contribution in [-0.4, -0.2) is 50.1 Å². The highest BCUT2D eigenvalue weighted by Gasteiger charge is 2.34. The van der Waals surface area contributed by atoms with Gasteiger partial charge in [0, 0.05) is 30.6 Å². The maximum Gasteiger partial charge on any atom is 0.254 e. The van der Waals surface area contributed by atoms with E-state index in [1.807, 2.05) is 0 Å². The van der Waals surface area contributed by atoms with Gasteiger partial charge in [-0.15, -0.1) is 0 Å². The van der Waals surface area contributed by atoms with Crippen molar-refractivity contribution in [3.05, 3.63) is 93.2 Å². The van der Waals surface area contributed by atoms with Crippen molar-refractivity contribution in [2.24, 2.45) is 0 Å². The largest absolute Gasteiger partial charge is 0.493 e. The Hall–Kier alpha value is -3.29. The number of hydrogen-bond acceptors (Lipinski definition) is 4. The molecule has 0 spiro atoms. The first-order chi connectivity index (χ1) is 17.3. The zero-order valence-electron chi connectivity index (χ0n) is 19.8. The van der Waals surface area contributed by atoms with E-state index < -0.39 is 5.82 Å². The second-order valence-corrected chi connectivity index (χ2v) is 9.26. The van der Waals surface area contributed by atoms with Crippen LogP contribution in [0.3, 0.4) is 0 Å². The Kier molecular flexibility index (Phi) is 8.01. The highest BCUT2D eigenvalue weighted by Crippen LogP contribution is 2.33. The van der Waals surface area contributed by atoms with Crippen LogP contribution >= 0.6 is 23.2 Å². The van der Waals surface area contributed by atoms with Gasteiger partial charge in [0.15, 0.2) is 11.5 Å². The summed E-state index contributed by atoms with van der Waals surface area (Å²) < 4.78 is 24.5. The van der Waals surface area contributed by atoms with Crippen molar-refractivity contribution in [3.8, 4) is 11.5 Å². The third-order valence-electron chi connectivity index (χ3n) is 6.34. The number of nitrogens with one attached hydrogen (secondary N) is 1. The zero-order valence-corrected chi connectivity index (χ0v) is 21.3. The van der Waals surface area contributed by atoms with Gasteiger partial charge in [-0.2, -0.15) is 0 Å². The van der Waals surface area contributed by atoms with Gasteiger partial charge < -0.3 is 19.7 Å². The zero-order chi connectivity index (χ0) is 25.8. The minimum atomic E-state index is -0.536. The first kappa shape index (κ1) is 25.8. The molecule has 0 saturated carbocycles. The Bertz CT molecular complexity index is 1290. The molecule has 3 aromatic carbocycles. The number of carbonyl (C=O) groups excluding carboxylic acids is 2. The quantitative estimate of drug-likeness (QED) is 0.451. The monoisotopic (exact) mass is 530 g/mol. The van der Waals surface area contributed by atoms with Crippen molar-refractivity contribution in [1.82, 2.24) is 10.2 Å². The molecule has 1 fully saturated rings. The third kappa shape index (κ3) is 5.42. The molecule has 2 amide bonds. The van der Waals surface area contributed by atoms with Crippen molar-refractivity contribution in [2.45, 2.75) is 18.4 Å². The molecule has 9 heteroatoms. The number of benzene rings is 3. The van der Waals surface area contributed by atoms with E-state index in [1.165, 1.54) is 20.3 Å². The second-order valence-electron chi connectivity index (χ2n) is 8.45. The Morgan fingerprint density at radius 1 is 0.972 bits per heavy atom. The summed E-state index contributed by atoms with van der Waals surface area (Å²) >= 11 is 12.3. The molecule has 1 heterocycles. The molecule has 0 aromatic heterocycles. The van der Waals surface area contributed by atoms with Crippen molar-refractivity contribution in [1.29, 1.82) is 0 Å². The minimum absolute atomic E-state index is 0.0213. The predicted molar refractivity (Wildman–Crippen MR) is 137 cm³/mol. The molecule has 1 aliphatic rings. The summed E-state index contributed by atoms with van der Waals surface area (Å²) in [5.41, 5.74) is 1.52. The van der Waals surface area contributed by atoms with Crippen molar-refractivity contribution >= 4 is 35.0 Å². The summed E-state index contributed by atoms with van der Waals surface area (Å²) in [6.07, 6.45) is 0.481. The fourth-order valence-electron chi connectivity index (χ4n) is 4.43. The Balaban J connectivity index is 1.61. The number of carbonyl (C=O) groups is 2. The van der Waals surface area contributed by atoms with Crippen molar-refractivity contribution in [3.63, 3.8) is 0 Å². The second kappa shape index (κ2) is 11.2. The van der Waals surface area contributed by atoms with E-state index in [2.05, 4.69) is 5.32 Å². The lowest BCUT2D eigenvalue weighted by Gasteiger charge is -2.39. The van der Waals surface area contributed by atoms with Crippen LogP contribution in [0.25, 0.3) is 0 Å². The Morgan fingerprint density at radius 3 is 2.42 bits per heavy atom. The first-order valence-electron chi connectivity index (χ1n) is 11.3. The Morgan fingerprint density at radius 2 is 1.72 bits per heavy atom. The van der Waals surface area contributed by atoms with E-state index in [-0.39, 0.29) is 28.8 Å². The van der Waals surface area contributed by atoms with Crippen LogP contribution in [0.4, 0.5) is 4.39 Å². The highest BCUT2D eigenvalue weighted by atomic mass is 35.5. The summed E-state index contributed by atoms with van der Waals surface area (Å²) in [5, 5.41) is 3.38. The molecule has 1 aliphatic heterocycles. The SMILES string of the molecule is COc1ccc(C(=O)N2CCC(NC(=O)c3ccccc3Cl)C(c3ccc(F)c(Cl)c3)C2)cc1OC. The van der Waals surface area contributed by atoms with E-state index in [1.54, 1.807) is 59.5 Å². The molecule has 6 nitrogen and oxygen atoms in total. The number of halogens is 3. The van der Waals surface area contributed by atoms with E-state index in [4.69, 9.17) is 32.7 Å². The molecule has 1 saturated heterocycles. The van der Waals surface area contributed by atoms with Gasteiger partial charge in [0.25, 0.3) is 11.8 Å². The van der Waals surface area contributed by atoms with Gasteiger partial charge >= 0.3 is 0 Å². The summed E-state index contributed by atoms with van der Waals surface area (Å²) in [6.45, 7) is 0.703. The molecule has 36 heavy (non-hydrogen) atoms. The highest BCUT2D eigenvalue weighted by molar-refractivity contribution is 6.33. The van der Waals surface area contributed by atoms with Crippen LogP contribution in [0.15, 0.2) is 60.7 Å². The van der Waals surface area contributed by atoms with E-state index in [0.717, 1.165) is 5.56 Å². The van der Waals surface area contributed by atoms with Gasteiger partial charge in [0.05, 0.1) is 29.8 Å². The van der Waals surface area contributed by atoms with E-state index >= 15 is 0 Å².